The van der Waals surface area contributed by atoms with Crippen LogP contribution in [0.15, 0.2) is 18.2 Å². The molecule has 0 aliphatic heterocycles. The molecule has 1 aromatic rings. The van der Waals surface area contributed by atoms with Crippen molar-refractivity contribution in [3.63, 3.8) is 0 Å². The maximum absolute atomic E-state index is 9.07. The monoisotopic (exact) mass is 188 g/mol. The summed E-state index contributed by atoms with van der Waals surface area (Å²) in [6.07, 6.45) is 0. The Morgan fingerprint density at radius 3 is 2.43 bits per heavy atom. The van der Waals surface area contributed by atoms with E-state index in [1.165, 1.54) is 11.1 Å². The largest absolute Gasteiger partial charge is 0.291 e. The SMILES string of the molecule is Cc1ccc(C)c(C(C#N)N(C)C)c1. The van der Waals surface area contributed by atoms with E-state index in [1.807, 2.05) is 32.8 Å². The first-order chi connectivity index (χ1) is 6.56. The van der Waals surface area contributed by atoms with Crippen LogP contribution in [0.1, 0.15) is 22.7 Å². The van der Waals surface area contributed by atoms with E-state index in [1.54, 1.807) is 0 Å². The van der Waals surface area contributed by atoms with Gasteiger partial charge in [0.15, 0.2) is 0 Å². The highest BCUT2D eigenvalue weighted by Crippen LogP contribution is 2.22. The summed E-state index contributed by atoms with van der Waals surface area (Å²) in [5.74, 6) is 0. The Morgan fingerprint density at radius 2 is 1.93 bits per heavy atom. The highest BCUT2D eigenvalue weighted by Gasteiger charge is 2.14. The van der Waals surface area contributed by atoms with Crippen LogP contribution in [0.25, 0.3) is 0 Å². The molecule has 2 nitrogen and oxygen atoms in total. The second-order valence-corrected chi connectivity index (χ2v) is 3.86. The number of nitriles is 1. The van der Waals surface area contributed by atoms with E-state index in [-0.39, 0.29) is 6.04 Å². The fourth-order valence-corrected chi connectivity index (χ4v) is 1.52. The molecule has 0 heterocycles. The first-order valence-electron chi connectivity index (χ1n) is 4.69. The zero-order valence-corrected chi connectivity index (χ0v) is 9.20. The van der Waals surface area contributed by atoms with Crippen LogP contribution >= 0.6 is 0 Å². The van der Waals surface area contributed by atoms with E-state index < -0.39 is 0 Å². The van der Waals surface area contributed by atoms with Crippen molar-refractivity contribution in [1.82, 2.24) is 4.90 Å². The van der Waals surface area contributed by atoms with Crippen LogP contribution in [0.2, 0.25) is 0 Å². The van der Waals surface area contributed by atoms with Crippen molar-refractivity contribution in [3.8, 4) is 6.07 Å². The summed E-state index contributed by atoms with van der Waals surface area (Å²) in [7, 11) is 3.85. The van der Waals surface area contributed by atoms with E-state index in [0.29, 0.717) is 0 Å². The zero-order valence-electron chi connectivity index (χ0n) is 9.20. The van der Waals surface area contributed by atoms with Gasteiger partial charge in [0, 0.05) is 0 Å². The standard InChI is InChI=1S/C12H16N2/c1-9-5-6-10(2)11(7-9)12(8-13)14(3)4/h5-7,12H,1-4H3. The van der Waals surface area contributed by atoms with E-state index in [4.69, 9.17) is 5.26 Å². The molecule has 0 aromatic heterocycles. The Labute approximate surface area is 85.8 Å². The molecule has 1 aromatic carbocycles. The van der Waals surface area contributed by atoms with Crippen molar-refractivity contribution in [2.45, 2.75) is 19.9 Å². The van der Waals surface area contributed by atoms with Gasteiger partial charge in [0.25, 0.3) is 0 Å². The molecule has 0 N–H and O–H groups in total. The van der Waals surface area contributed by atoms with Crippen LogP contribution in [0.3, 0.4) is 0 Å². The van der Waals surface area contributed by atoms with Crippen LogP contribution in [-0.4, -0.2) is 19.0 Å². The summed E-state index contributed by atoms with van der Waals surface area (Å²) in [6.45, 7) is 4.09. The number of nitrogens with zero attached hydrogens (tertiary/aromatic N) is 2. The Morgan fingerprint density at radius 1 is 1.29 bits per heavy atom. The third kappa shape index (κ3) is 2.12. The van der Waals surface area contributed by atoms with Gasteiger partial charge in [-0.25, -0.2) is 0 Å². The van der Waals surface area contributed by atoms with Crippen LogP contribution < -0.4 is 0 Å². The summed E-state index contributed by atoms with van der Waals surface area (Å²) in [6, 6.07) is 8.39. The summed E-state index contributed by atoms with van der Waals surface area (Å²) >= 11 is 0. The molecule has 1 atom stereocenters. The lowest BCUT2D eigenvalue weighted by Crippen LogP contribution is -2.19. The van der Waals surface area contributed by atoms with Crippen LogP contribution in [0.4, 0.5) is 0 Å². The zero-order chi connectivity index (χ0) is 10.7. The minimum absolute atomic E-state index is 0.144. The number of benzene rings is 1. The van der Waals surface area contributed by atoms with E-state index >= 15 is 0 Å². The smallest absolute Gasteiger partial charge is 0.123 e. The second-order valence-electron chi connectivity index (χ2n) is 3.86. The lowest BCUT2D eigenvalue weighted by atomic mass is 9.99. The van der Waals surface area contributed by atoms with Gasteiger partial charge in [-0.05, 0) is 39.1 Å². The number of hydrogen-bond donors (Lipinski definition) is 0. The maximum atomic E-state index is 9.07. The molecule has 0 saturated carbocycles. The second kappa shape index (κ2) is 4.26. The quantitative estimate of drug-likeness (QED) is 0.712. The van der Waals surface area contributed by atoms with Crippen LogP contribution in [-0.2, 0) is 0 Å². The third-order valence-corrected chi connectivity index (χ3v) is 2.37. The average Bonchev–Trinajstić information content (AvgIpc) is 2.11. The van der Waals surface area contributed by atoms with Crippen molar-refractivity contribution in [2.75, 3.05) is 14.1 Å². The lowest BCUT2D eigenvalue weighted by Gasteiger charge is -2.19. The van der Waals surface area contributed by atoms with Crippen molar-refractivity contribution >= 4 is 0 Å². The van der Waals surface area contributed by atoms with E-state index in [9.17, 15) is 0 Å². The predicted octanol–water partition coefficient (Wildman–Crippen LogP) is 2.43. The van der Waals surface area contributed by atoms with Gasteiger partial charge in [-0.2, -0.15) is 5.26 Å². The van der Waals surface area contributed by atoms with Crippen molar-refractivity contribution in [2.24, 2.45) is 0 Å². The molecule has 0 bridgehead atoms. The molecule has 0 radical (unpaired) electrons. The van der Waals surface area contributed by atoms with Gasteiger partial charge in [-0.15, -0.1) is 0 Å². The van der Waals surface area contributed by atoms with Gasteiger partial charge < -0.3 is 0 Å². The number of aryl methyl sites for hydroxylation is 2. The average molecular weight is 188 g/mol. The molecular formula is C12H16N2. The molecule has 1 rings (SSSR count). The normalized spacial score (nSPS) is 12.6. The van der Waals surface area contributed by atoms with Gasteiger partial charge in [-0.1, -0.05) is 23.8 Å². The van der Waals surface area contributed by atoms with E-state index in [0.717, 1.165) is 5.56 Å². The Bertz CT molecular complexity index is 361. The van der Waals surface area contributed by atoms with Gasteiger partial charge >= 0.3 is 0 Å². The molecule has 1 unspecified atom stereocenters. The lowest BCUT2D eigenvalue weighted by molar-refractivity contribution is 0.357. The first-order valence-corrected chi connectivity index (χ1v) is 4.69. The van der Waals surface area contributed by atoms with Crippen LogP contribution in [0, 0.1) is 25.2 Å². The molecule has 0 aliphatic carbocycles. The van der Waals surface area contributed by atoms with Gasteiger partial charge in [0.05, 0.1) is 6.07 Å². The van der Waals surface area contributed by atoms with Crippen molar-refractivity contribution in [3.05, 3.63) is 34.9 Å². The number of rotatable bonds is 2. The molecule has 0 spiro atoms. The number of hydrogen-bond acceptors (Lipinski definition) is 2. The topological polar surface area (TPSA) is 27.0 Å². The molecule has 74 valence electrons. The Balaban J connectivity index is 3.17. The molecule has 0 amide bonds. The molecule has 14 heavy (non-hydrogen) atoms. The Kier molecular flexibility index (Phi) is 3.27. The Hall–Kier alpha value is -1.33. The van der Waals surface area contributed by atoms with Gasteiger partial charge in [0.1, 0.15) is 6.04 Å². The molecule has 0 aliphatic rings. The first kappa shape index (κ1) is 10.7. The summed E-state index contributed by atoms with van der Waals surface area (Å²) < 4.78 is 0. The van der Waals surface area contributed by atoms with Gasteiger partial charge in [-0.3, -0.25) is 4.90 Å². The maximum Gasteiger partial charge on any atom is 0.123 e. The van der Waals surface area contributed by atoms with Crippen molar-refractivity contribution in [1.29, 1.82) is 5.26 Å². The third-order valence-electron chi connectivity index (χ3n) is 2.37. The molecular weight excluding hydrogens is 172 g/mol. The summed E-state index contributed by atoms with van der Waals surface area (Å²) in [4.78, 5) is 1.93. The molecule has 0 saturated heterocycles. The van der Waals surface area contributed by atoms with E-state index in [2.05, 4.69) is 24.3 Å². The highest BCUT2D eigenvalue weighted by molar-refractivity contribution is 5.35. The van der Waals surface area contributed by atoms with Crippen LogP contribution in [0.5, 0.6) is 0 Å². The predicted molar refractivity (Wildman–Crippen MR) is 58.0 cm³/mol. The minimum atomic E-state index is -0.144. The molecule has 2 heteroatoms. The fourth-order valence-electron chi connectivity index (χ4n) is 1.52. The minimum Gasteiger partial charge on any atom is -0.291 e. The fraction of sp³-hybridized carbons (Fsp3) is 0.417. The summed E-state index contributed by atoms with van der Waals surface area (Å²) in [5.41, 5.74) is 3.49. The summed E-state index contributed by atoms with van der Waals surface area (Å²) in [5, 5.41) is 9.07. The molecule has 0 fully saturated rings. The van der Waals surface area contributed by atoms with Gasteiger partial charge in [0.2, 0.25) is 0 Å². The highest BCUT2D eigenvalue weighted by atomic mass is 15.1. The van der Waals surface area contributed by atoms with Crippen molar-refractivity contribution < 1.29 is 0 Å².